The number of aliphatic hydroxyl groups excluding tert-OH is 1. The number of nitrogens with zero attached hydrogens (tertiary/aromatic N) is 2. The van der Waals surface area contributed by atoms with Gasteiger partial charge in [0.15, 0.2) is 0 Å². The van der Waals surface area contributed by atoms with Crippen molar-refractivity contribution in [1.29, 1.82) is 0 Å². The number of carbonyl (C=O) groups is 1. The lowest BCUT2D eigenvalue weighted by Crippen LogP contribution is -2.28. The lowest BCUT2D eigenvalue weighted by Gasteiger charge is -2.17. The fourth-order valence-electron chi connectivity index (χ4n) is 3.94. The van der Waals surface area contributed by atoms with Gasteiger partial charge in [0.25, 0.3) is 0 Å². The maximum Gasteiger partial charge on any atom is 0.227 e. The second-order valence-corrected chi connectivity index (χ2v) is 8.25. The molecular formula is C27H29N3O3. The van der Waals surface area contributed by atoms with Gasteiger partial charge in [-0.1, -0.05) is 60.7 Å². The zero-order chi connectivity index (χ0) is 23.2. The van der Waals surface area contributed by atoms with Crippen LogP contribution in [-0.2, 0) is 24.3 Å². The Kier molecular flexibility index (Phi) is 7.05. The largest absolute Gasteiger partial charge is 0.490 e. The number of amides is 1. The Hall–Kier alpha value is -3.64. The highest BCUT2D eigenvalue weighted by Gasteiger charge is 2.17. The van der Waals surface area contributed by atoms with Gasteiger partial charge in [-0.2, -0.15) is 0 Å². The molecule has 1 atom stereocenters. The SMILES string of the molecule is Cc1cccc(C)c1OC[C@H](O)Cn1c(CC(=O)NCc2ccccc2)nc2ccccc21. The van der Waals surface area contributed by atoms with E-state index in [1.807, 2.05) is 91.2 Å². The minimum atomic E-state index is -0.757. The fraction of sp³-hybridized carbons (Fsp3) is 0.259. The third-order valence-electron chi connectivity index (χ3n) is 5.61. The predicted molar refractivity (Wildman–Crippen MR) is 129 cm³/mol. The number of para-hydroxylation sites is 3. The molecule has 4 aromatic rings. The molecule has 0 unspecified atom stereocenters. The molecule has 6 nitrogen and oxygen atoms in total. The predicted octanol–water partition coefficient (Wildman–Crippen LogP) is 3.95. The van der Waals surface area contributed by atoms with Gasteiger partial charge in [-0.25, -0.2) is 4.98 Å². The average Bonchev–Trinajstić information content (AvgIpc) is 3.15. The van der Waals surface area contributed by atoms with E-state index in [1.54, 1.807) is 0 Å². The minimum Gasteiger partial charge on any atom is -0.490 e. The molecule has 0 radical (unpaired) electrons. The van der Waals surface area contributed by atoms with Crippen LogP contribution >= 0.6 is 0 Å². The molecule has 0 fully saturated rings. The number of ether oxygens (including phenoxy) is 1. The topological polar surface area (TPSA) is 76.4 Å². The van der Waals surface area contributed by atoms with Crippen molar-refractivity contribution in [3.8, 4) is 5.75 Å². The molecule has 4 rings (SSSR count). The molecule has 0 saturated carbocycles. The van der Waals surface area contributed by atoms with Crippen molar-refractivity contribution in [1.82, 2.24) is 14.9 Å². The van der Waals surface area contributed by atoms with Gasteiger partial charge in [-0.15, -0.1) is 0 Å². The molecule has 0 saturated heterocycles. The van der Waals surface area contributed by atoms with E-state index in [4.69, 9.17) is 4.74 Å². The molecule has 0 bridgehead atoms. The molecule has 1 aromatic heterocycles. The molecule has 33 heavy (non-hydrogen) atoms. The van der Waals surface area contributed by atoms with Gasteiger partial charge in [-0.3, -0.25) is 4.79 Å². The molecule has 1 amide bonds. The van der Waals surface area contributed by atoms with Crippen LogP contribution in [0.15, 0.2) is 72.8 Å². The smallest absolute Gasteiger partial charge is 0.227 e. The summed E-state index contributed by atoms with van der Waals surface area (Å²) in [5.41, 5.74) is 4.79. The Morgan fingerprint density at radius 1 is 1.00 bits per heavy atom. The number of aryl methyl sites for hydroxylation is 2. The van der Waals surface area contributed by atoms with E-state index in [1.165, 1.54) is 0 Å². The summed E-state index contributed by atoms with van der Waals surface area (Å²) in [7, 11) is 0. The van der Waals surface area contributed by atoms with Gasteiger partial charge in [-0.05, 0) is 42.7 Å². The third-order valence-corrected chi connectivity index (χ3v) is 5.61. The van der Waals surface area contributed by atoms with Crippen molar-refractivity contribution in [3.05, 3.63) is 95.3 Å². The Morgan fingerprint density at radius 3 is 2.45 bits per heavy atom. The maximum absolute atomic E-state index is 12.6. The van der Waals surface area contributed by atoms with Crippen molar-refractivity contribution in [3.63, 3.8) is 0 Å². The van der Waals surface area contributed by atoms with Gasteiger partial charge in [0.05, 0.1) is 24.0 Å². The van der Waals surface area contributed by atoms with Crippen LogP contribution in [0, 0.1) is 13.8 Å². The van der Waals surface area contributed by atoms with E-state index in [-0.39, 0.29) is 25.5 Å². The zero-order valence-corrected chi connectivity index (χ0v) is 19.0. The monoisotopic (exact) mass is 443 g/mol. The number of nitrogens with one attached hydrogen (secondary N) is 1. The molecule has 0 aliphatic carbocycles. The normalized spacial score (nSPS) is 12.0. The number of carbonyl (C=O) groups excluding carboxylic acids is 1. The van der Waals surface area contributed by atoms with Crippen molar-refractivity contribution in [2.45, 2.75) is 39.5 Å². The van der Waals surface area contributed by atoms with Gasteiger partial charge >= 0.3 is 0 Å². The highest BCUT2D eigenvalue weighted by Crippen LogP contribution is 2.23. The number of rotatable bonds is 9. The summed E-state index contributed by atoms with van der Waals surface area (Å²) in [4.78, 5) is 17.3. The average molecular weight is 444 g/mol. The van der Waals surface area contributed by atoms with Gasteiger partial charge in [0.1, 0.15) is 24.3 Å². The first kappa shape index (κ1) is 22.6. The Balaban J connectivity index is 1.46. The summed E-state index contributed by atoms with van der Waals surface area (Å²) >= 11 is 0. The van der Waals surface area contributed by atoms with Crippen molar-refractivity contribution in [2.24, 2.45) is 0 Å². The van der Waals surface area contributed by atoms with E-state index in [0.29, 0.717) is 12.4 Å². The minimum absolute atomic E-state index is 0.114. The van der Waals surface area contributed by atoms with Crippen LogP contribution in [0.4, 0.5) is 0 Å². The first-order valence-corrected chi connectivity index (χ1v) is 11.1. The van der Waals surface area contributed by atoms with Crippen molar-refractivity contribution >= 4 is 16.9 Å². The second-order valence-electron chi connectivity index (χ2n) is 8.25. The number of aliphatic hydroxyl groups is 1. The van der Waals surface area contributed by atoms with E-state index < -0.39 is 6.10 Å². The fourth-order valence-corrected chi connectivity index (χ4v) is 3.94. The summed E-state index contributed by atoms with van der Waals surface area (Å²) < 4.78 is 7.85. The summed E-state index contributed by atoms with van der Waals surface area (Å²) in [6.07, 6.45) is -0.626. The van der Waals surface area contributed by atoms with Crippen LogP contribution in [0.5, 0.6) is 5.75 Å². The molecule has 0 spiro atoms. The van der Waals surface area contributed by atoms with Crippen molar-refractivity contribution < 1.29 is 14.6 Å². The number of benzene rings is 3. The van der Waals surface area contributed by atoms with E-state index in [2.05, 4.69) is 10.3 Å². The number of imidazole rings is 1. The molecule has 0 aliphatic rings. The van der Waals surface area contributed by atoms with Crippen LogP contribution in [0.3, 0.4) is 0 Å². The van der Waals surface area contributed by atoms with Crippen LogP contribution in [0.25, 0.3) is 11.0 Å². The highest BCUT2D eigenvalue weighted by atomic mass is 16.5. The first-order chi connectivity index (χ1) is 16.0. The molecule has 0 aliphatic heterocycles. The van der Waals surface area contributed by atoms with E-state index >= 15 is 0 Å². The molecule has 6 heteroatoms. The number of aromatic nitrogens is 2. The quantitative estimate of drug-likeness (QED) is 0.411. The lowest BCUT2D eigenvalue weighted by atomic mass is 10.1. The van der Waals surface area contributed by atoms with Crippen LogP contribution in [-0.4, -0.2) is 33.3 Å². The summed E-state index contributed by atoms with van der Waals surface area (Å²) in [5, 5.41) is 13.7. The maximum atomic E-state index is 12.6. The van der Waals surface area contributed by atoms with Crippen LogP contribution < -0.4 is 10.1 Å². The number of hydrogen-bond acceptors (Lipinski definition) is 4. The van der Waals surface area contributed by atoms with Gasteiger partial charge in [0.2, 0.25) is 5.91 Å². The second kappa shape index (κ2) is 10.3. The molecule has 170 valence electrons. The van der Waals surface area contributed by atoms with Crippen LogP contribution in [0.1, 0.15) is 22.5 Å². The number of hydrogen-bond donors (Lipinski definition) is 2. The first-order valence-electron chi connectivity index (χ1n) is 11.1. The Labute approximate surface area is 193 Å². The molecular weight excluding hydrogens is 414 g/mol. The summed E-state index contributed by atoms with van der Waals surface area (Å²) in [6, 6.07) is 23.5. The van der Waals surface area contributed by atoms with Crippen molar-refractivity contribution in [2.75, 3.05) is 6.61 Å². The Bertz CT molecular complexity index is 1210. The lowest BCUT2D eigenvalue weighted by molar-refractivity contribution is -0.120. The molecule has 3 aromatic carbocycles. The summed E-state index contributed by atoms with van der Waals surface area (Å²) in [5.74, 6) is 1.30. The zero-order valence-electron chi connectivity index (χ0n) is 19.0. The third kappa shape index (κ3) is 5.59. The van der Waals surface area contributed by atoms with Gasteiger partial charge < -0.3 is 19.7 Å². The molecule has 2 N–H and O–H groups in total. The molecule has 1 heterocycles. The summed E-state index contributed by atoms with van der Waals surface area (Å²) in [6.45, 7) is 4.88. The highest BCUT2D eigenvalue weighted by molar-refractivity contribution is 5.81. The number of fused-ring (bicyclic) bond motifs is 1. The van der Waals surface area contributed by atoms with E-state index in [0.717, 1.165) is 33.5 Å². The van der Waals surface area contributed by atoms with Gasteiger partial charge in [0, 0.05) is 6.54 Å². The van der Waals surface area contributed by atoms with Crippen LogP contribution in [0.2, 0.25) is 0 Å². The van der Waals surface area contributed by atoms with E-state index in [9.17, 15) is 9.90 Å². The standard InChI is InChI=1S/C27H29N3O3/c1-19-9-8-10-20(2)27(19)33-18-22(31)17-30-24-14-7-6-13-23(24)29-25(30)15-26(32)28-16-21-11-4-3-5-12-21/h3-14,22,31H,15-18H2,1-2H3,(H,28,32)/t22-/m1/s1. The Morgan fingerprint density at radius 2 is 1.70 bits per heavy atom.